The summed E-state index contributed by atoms with van der Waals surface area (Å²) < 4.78 is 16.6. The molecule has 0 fully saturated rings. The molecule has 0 radical (unpaired) electrons. The SMILES string of the molecule is O=C(COc1ccc2c(c1)CCC2)NCc1cc(Cl)c2c(c1)OCCO2. The van der Waals surface area contributed by atoms with E-state index in [-0.39, 0.29) is 12.5 Å². The Morgan fingerprint density at radius 3 is 2.88 bits per heavy atom. The van der Waals surface area contributed by atoms with Crippen molar-refractivity contribution in [1.29, 1.82) is 0 Å². The van der Waals surface area contributed by atoms with Gasteiger partial charge in [0.2, 0.25) is 0 Å². The Morgan fingerprint density at radius 2 is 1.96 bits per heavy atom. The Balaban J connectivity index is 1.31. The number of hydrogen-bond acceptors (Lipinski definition) is 4. The van der Waals surface area contributed by atoms with Gasteiger partial charge in [0.05, 0.1) is 5.02 Å². The fourth-order valence-electron chi connectivity index (χ4n) is 3.30. The van der Waals surface area contributed by atoms with Crippen molar-refractivity contribution >= 4 is 17.5 Å². The van der Waals surface area contributed by atoms with Gasteiger partial charge in [-0.1, -0.05) is 17.7 Å². The van der Waals surface area contributed by atoms with Gasteiger partial charge in [0, 0.05) is 6.54 Å². The number of carbonyl (C=O) groups excluding carboxylic acids is 1. The molecule has 0 atom stereocenters. The van der Waals surface area contributed by atoms with Crippen LogP contribution in [0.5, 0.6) is 17.2 Å². The van der Waals surface area contributed by atoms with Crippen LogP contribution in [-0.4, -0.2) is 25.7 Å². The molecule has 0 saturated carbocycles. The summed E-state index contributed by atoms with van der Waals surface area (Å²) in [6.07, 6.45) is 3.41. The Hall–Kier alpha value is -2.40. The summed E-state index contributed by atoms with van der Waals surface area (Å²) in [5.41, 5.74) is 3.57. The van der Waals surface area contributed by atoms with E-state index in [0.29, 0.717) is 36.3 Å². The summed E-state index contributed by atoms with van der Waals surface area (Å²) in [5.74, 6) is 1.73. The number of carbonyl (C=O) groups is 1. The third-order valence-electron chi connectivity index (χ3n) is 4.59. The lowest BCUT2D eigenvalue weighted by Crippen LogP contribution is -2.28. The first-order valence-corrected chi connectivity index (χ1v) is 9.16. The average Bonchev–Trinajstić information content (AvgIpc) is 3.12. The summed E-state index contributed by atoms with van der Waals surface area (Å²) in [7, 11) is 0. The minimum absolute atomic E-state index is 0.0168. The predicted octanol–water partition coefficient (Wildman–Crippen LogP) is 3.30. The molecule has 136 valence electrons. The normalized spacial score (nSPS) is 14.7. The van der Waals surface area contributed by atoms with E-state index in [1.165, 1.54) is 17.5 Å². The second kappa shape index (κ2) is 7.46. The number of ether oxygens (including phenoxy) is 3. The van der Waals surface area contributed by atoms with Gasteiger partial charge in [-0.05, 0) is 60.2 Å². The second-order valence-corrected chi connectivity index (χ2v) is 6.86. The number of nitrogens with one attached hydrogen (secondary N) is 1. The van der Waals surface area contributed by atoms with Crippen LogP contribution in [0, 0.1) is 0 Å². The van der Waals surface area contributed by atoms with Crippen LogP contribution in [0.4, 0.5) is 0 Å². The lowest BCUT2D eigenvalue weighted by atomic mass is 10.1. The molecule has 4 rings (SSSR count). The molecule has 1 aliphatic heterocycles. The van der Waals surface area contributed by atoms with Crippen molar-refractivity contribution in [3.63, 3.8) is 0 Å². The lowest BCUT2D eigenvalue weighted by molar-refractivity contribution is -0.123. The number of halogens is 1. The number of amides is 1. The van der Waals surface area contributed by atoms with Gasteiger partial charge >= 0.3 is 0 Å². The van der Waals surface area contributed by atoms with Crippen molar-refractivity contribution in [3.05, 3.63) is 52.0 Å². The molecule has 1 N–H and O–H groups in total. The third-order valence-corrected chi connectivity index (χ3v) is 4.87. The van der Waals surface area contributed by atoms with E-state index in [0.717, 1.165) is 24.2 Å². The molecule has 2 aliphatic rings. The van der Waals surface area contributed by atoms with Gasteiger partial charge in [-0.2, -0.15) is 0 Å². The fraction of sp³-hybridized carbons (Fsp3) is 0.350. The van der Waals surface area contributed by atoms with Crippen LogP contribution in [0.2, 0.25) is 5.02 Å². The molecule has 1 amide bonds. The predicted molar refractivity (Wildman–Crippen MR) is 98.3 cm³/mol. The van der Waals surface area contributed by atoms with Gasteiger partial charge in [0.25, 0.3) is 5.91 Å². The zero-order valence-corrected chi connectivity index (χ0v) is 15.1. The Kier molecular flexibility index (Phi) is 4.89. The molecule has 1 aliphatic carbocycles. The van der Waals surface area contributed by atoms with E-state index in [4.69, 9.17) is 25.8 Å². The topological polar surface area (TPSA) is 56.8 Å². The highest BCUT2D eigenvalue weighted by Gasteiger charge is 2.17. The molecule has 2 aromatic rings. The Morgan fingerprint density at radius 1 is 1.12 bits per heavy atom. The zero-order valence-electron chi connectivity index (χ0n) is 14.3. The highest BCUT2D eigenvalue weighted by Crippen LogP contribution is 2.38. The quantitative estimate of drug-likeness (QED) is 0.873. The molecular formula is C20H20ClNO4. The van der Waals surface area contributed by atoms with Crippen molar-refractivity contribution in [3.8, 4) is 17.2 Å². The molecule has 0 aromatic heterocycles. The van der Waals surface area contributed by atoms with Crippen LogP contribution >= 0.6 is 11.6 Å². The van der Waals surface area contributed by atoms with Crippen LogP contribution in [-0.2, 0) is 24.2 Å². The minimum atomic E-state index is -0.184. The van der Waals surface area contributed by atoms with Gasteiger partial charge in [0.1, 0.15) is 19.0 Å². The van der Waals surface area contributed by atoms with E-state index in [9.17, 15) is 4.79 Å². The van der Waals surface area contributed by atoms with E-state index in [1.54, 1.807) is 6.07 Å². The fourth-order valence-corrected chi connectivity index (χ4v) is 3.59. The van der Waals surface area contributed by atoms with Crippen LogP contribution in [0.3, 0.4) is 0 Å². The first-order chi connectivity index (χ1) is 12.7. The van der Waals surface area contributed by atoms with Crippen molar-refractivity contribution in [2.24, 2.45) is 0 Å². The van der Waals surface area contributed by atoms with E-state index in [2.05, 4.69) is 11.4 Å². The minimum Gasteiger partial charge on any atom is -0.486 e. The van der Waals surface area contributed by atoms with Crippen molar-refractivity contribution in [1.82, 2.24) is 5.32 Å². The molecule has 2 aromatic carbocycles. The molecule has 0 unspecified atom stereocenters. The first kappa shape index (κ1) is 17.0. The number of aryl methyl sites for hydroxylation is 2. The highest BCUT2D eigenvalue weighted by atomic mass is 35.5. The van der Waals surface area contributed by atoms with Gasteiger partial charge < -0.3 is 19.5 Å². The Labute approximate surface area is 157 Å². The molecule has 0 bridgehead atoms. The number of rotatable bonds is 5. The number of benzene rings is 2. The van der Waals surface area contributed by atoms with Crippen LogP contribution < -0.4 is 19.5 Å². The van der Waals surface area contributed by atoms with E-state index in [1.807, 2.05) is 18.2 Å². The van der Waals surface area contributed by atoms with Crippen molar-refractivity contribution in [2.45, 2.75) is 25.8 Å². The summed E-state index contributed by atoms with van der Waals surface area (Å²) in [6.45, 7) is 1.32. The molecule has 0 spiro atoms. The van der Waals surface area contributed by atoms with Crippen LogP contribution in [0.1, 0.15) is 23.1 Å². The summed E-state index contributed by atoms with van der Waals surface area (Å²) in [4.78, 5) is 12.1. The first-order valence-electron chi connectivity index (χ1n) is 8.78. The number of hydrogen-bond donors (Lipinski definition) is 1. The van der Waals surface area contributed by atoms with Crippen molar-refractivity contribution < 1.29 is 19.0 Å². The summed E-state index contributed by atoms with van der Waals surface area (Å²) in [5, 5.41) is 3.32. The maximum Gasteiger partial charge on any atom is 0.258 e. The van der Waals surface area contributed by atoms with Gasteiger partial charge in [-0.15, -0.1) is 0 Å². The molecule has 5 nitrogen and oxygen atoms in total. The number of fused-ring (bicyclic) bond motifs is 2. The van der Waals surface area contributed by atoms with Gasteiger partial charge in [-0.25, -0.2) is 0 Å². The van der Waals surface area contributed by atoms with Crippen LogP contribution in [0.15, 0.2) is 30.3 Å². The molecular weight excluding hydrogens is 354 g/mol. The smallest absolute Gasteiger partial charge is 0.258 e. The highest BCUT2D eigenvalue weighted by molar-refractivity contribution is 6.32. The maximum atomic E-state index is 12.1. The average molecular weight is 374 g/mol. The third kappa shape index (κ3) is 3.73. The van der Waals surface area contributed by atoms with Gasteiger partial charge in [0.15, 0.2) is 18.1 Å². The van der Waals surface area contributed by atoms with Crippen molar-refractivity contribution in [2.75, 3.05) is 19.8 Å². The second-order valence-electron chi connectivity index (χ2n) is 6.45. The Bertz CT molecular complexity index is 837. The largest absolute Gasteiger partial charge is 0.486 e. The van der Waals surface area contributed by atoms with E-state index < -0.39 is 0 Å². The zero-order chi connectivity index (χ0) is 17.9. The summed E-state index contributed by atoms with van der Waals surface area (Å²) in [6, 6.07) is 9.67. The maximum absolute atomic E-state index is 12.1. The summed E-state index contributed by atoms with van der Waals surface area (Å²) >= 11 is 6.21. The molecule has 6 heteroatoms. The monoisotopic (exact) mass is 373 g/mol. The molecule has 0 saturated heterocycles. The van der Waals surface area contributed by atoms with Crippen LogP contribution in [0.25, 0.3) is 0 Å². The lowest BCUT2D eigenvalue weighted by Gasteiger charge is -2.20. The standard InChI is InChI=1S/C20H20ClNO4/c21-17-8-13(9-18-20(17)25-7-6-24-18)11-22-19(23)12-26-16-5-4-14-2-1-3-15(14)10-16/h4-5,8-10H,1-3,6-7,11-12H2,(H,22,23). The van der Waals surface area contributed by atoms with Gasteiger partial charge in [-0.3, -0.25) is 4.79 Å². The molecule has 26 heavy (non-hydrogen) atoms. The molecule has 1 heterocycles. The van der Waals surface area contributed by atoms with E-state index >= 15 is 0 Å².